The van der Waals surface area contributed by atoms with Crippen molar-refractivity contribution < 1.29 is 19.0 Å². The van der Waals surface area contributed by atoms with Gasteiger partial charge < -0.3 is 14.2 Å². The Kier molecular flexibility index (Phi) is 6.22. The maximum atomic E-state index is 11.9. The summed E-state index contributed by atoms with van der Waals surface area (Å²) in [5.41, 5.74) is 0.749. The van der Waals surface area contributed by atoms with Crippen molar-refractivity contribution in [1.29, 1.82) is 0 Å². The minimum absolute atomic E-state index is 0.311. The highest BCUT2D eigenvalue weighted by Crippen LogP contribution is 2.27. The summed E-state index contributed by atoms with van der Waals surface area (Å²) in [6.45, 7) is 4.19. The summed E-state index contributed by atoms with van der Waals surface area (Å²) in [5.74, 6) is 5.31. The first-order chi connectivity index (χ1) is 11.2. The van der Waals surface area contributed by atoms with Gasteiger partial charge in [0.1, 0.15) is 0 Å². The quantitative estimate of drug-likeness (QED) is 0.367. The average Bonchev–Trinajstić information content (AvgIpc) is 2.56. The van der Waals surface area contributed by atoms with E-state index in [1.54, 1.807) is 31.2 Å². The fourth-order valence-electron chi connectivity index (χ4n) is 1.85. The Morgan fingerprint density at radius 3 is 2.39 bits per heavy atom. The predicted octanol–water partition coefficient (Wildman–Crippen LogP) is 3.41. The molecule has 0 spiro atoms. The van der Waals surface area contributed by atoms with Crippen LogP contribution in [0.1, 0.15) is 19.4 Å². The molecular weight excluding hydrogens is 292 g/mol. The summed E-state index contributed by atoms with van der Waals surface area (Å²) in [6.07, 6.45) is -0.435. The van der Waals surface area contributed by atoms with Crippen molar-refractivity contribution in [2.75, 3.05) is 6.61 Å². The van der Waals surface area contributed by atoms with Crippen LogP contribution in [0.2, 0.25) is 0 Å². The SMILES string of the molecule is CCOC(C)Oc1ccccc1OC(=O)C#Cc1ccccc1. The highest BCUT2D eigenvalue weighted by molar-refractivity contribution is 5.91. The van der Waals surface area contributed by atoms with Crippen LogP contribution in [0, 0.1) is 11.8 Å². The van der Waals surface area contributed by atoms with Crippen LogP contribution < -0.4 is 9.47 Å². The molecule has 0 aliphatic rings. The van der Waals surface area contributed by atoms with Crippen LogP contribution in [0.3, 0.4) is 0 Å². The lowest BCUT2D eigenvalue weighted by molar-refractivity contribution is -0.128. The van der Waals surface area contributed by atoms with E-state index in [9.17, 15) is 4.79 Å². The smallest absolute Gasteiger partial charge is 0.390 e. The van der Waals surface area contributed by atoms with Gasteiger partial charge in [-0.15, -0.1) is 0 Å². The maximum Gasteiger partial charge on any atom is 0.390 e. The van der Waals surface area contributed by atoms with E-state index < -0.39 is 12.3 Å². The van der Waals surface area contributed by atoms with Crippen molar-refractivity contribution in [3.63, 3.8) is 0 Å². The van der Waals surface area contributed by atoms with Gasteiger partial charge in [-0.25, -0.2) is 4.79 Å². The summed E-state index contributed by atoms with van der Waals surface area (Å²) in [4.78, 5) is 11.9. The third-order valence-corrected chi connectivity index (χ3v) is 2.83. The van der Waals surface area contributed by atoms with Crippen LogP contribution in [-0.2, 0) is 9.53 Å². The number of esters is 1. The molecule has 118 valence electrons. The second-order valence-electron chi connectivity index (χ2n) is 4.59. The molecule has 0 heterocycles. The largest absolute Gasteiger partial charge is 0.461 e. The highest BCUT2D eigenvalue weighted by Gasteiger charge is 2.11. The van der Waals surface area contributed by atoms with Crippen LogP contribution in [0.5, 0.6) is 11.5 Å². The van der Waals surface area contributed by atoms with Crippen LogP contribution in [0.15, 0.2) is 54.6 Å². The summed E-state index contributed by atoms with van der Waals surface area (Å²) >= 11 is 0. The van der Waals surface area contributed by atoms with Gasteiger partial charge in [0, 0.05) is 18.1 Å². The summed E-state index contributed by atoms with van der Waals surface area (Å²) < 4.78 is 16.2. The first-order valence-corrected chi connectivity index (χ1v) is 7.35. The Morgan fingerprint density at radius 1 is 1.04 bits per heavy atom. The number of hydrogen-bond donors (Lipinski definition) is 0. The van der Waals surface area contributed by atoms with Gasteiger partial charge in [-0.1, -0.05) is 36.3 Å². The number of ether oxygens (including phenoxy) is 3. The molecule has 2 aromatic rings. The van der Waals surface area contributed by atoms with E-state index >= 15 is 0 Å². The number of carbonyl (C=O) groups excluding carboxylic acids is 1. The van der Waals surface area contributed by atoms with Crippen molar-refractivity contribution in [2.24, 2.45) is 0 Å². The van der Waals surface area contributed by atoms with Crippen LogP contribution >= 0.6 is 0 Å². The number of carbonyl (C=O) groups is 1. The van der Waals surface area contributed by atoms with E-state index in [-0.39, 0.29) is 0 Å². The van der Waals surface area contributed by atoms with Gasteiger partial charge in [0.2, 0.25) is 0 Å². The lowest BCUT2D eigenvalue weighted by Gasteiger charge is -2.16. The normalized spacial score (nSPS) is 11.0. The maximum absolute atomic E-state index is 11.9. The van der Waals surface area contributed by atoms with Gasteiger partial charge >= 0.3 is 5.97 Å². The molecule has 0 radical (unpaired) electrons. The molecule has 0 N–H and O–H groups in total. The molecule has 2 rings (SSSR count). The Labute approximate surface area is 136 Å². The molecule has 0 aliphatic heterocycles. The molecule has 0 aromatic heterocycles. The van der Waals surface area contributed by atoms with Gasteiger partial charge in [0.25, 0.3) is 0 Å². The standard InChI is InChI=1S/C19H18O4/c1-3-21-15(2)22-17-11-7-8-12-18(17)23-19(20)14-13-16-9-5-4-6-10-16/h4-12,15H,3H2,1-2H3. The van der Waals surface area contributed by atoms with E-state index in [1.807, 2.05) is 37.3 Å². The van der Waals surface area contributed by atoms with Crippen LogP contribution in [0.4, 0.5) is 0 Å². The van der Waals surface area contributed by atoms with E-state index in [4.69, 9.17) is 14.2 Å². The van der Waals surface area contributed by atoms with Crippen molar-refractivity contribution in [1.82, 2.24) is 0 Å². The lowest BCUT2D eigenvalue weighted by atomic mass is 10.2. The predicted molar refractivity (Wildman–Crippen MR) is 87.1 cm³/mol. The molecule has 4 nitrogen and oxygen atoms in total. The monoisotopic (exact) mass is 310 g/mol. The number of benzene rings is 2. The summed E-state index contributed by atoms with van der Waals surface area (Å²) in [6, 6.07) is 16.1. The highest BCUT2D eigenvalue weighted by atomic mass is 16.7. The second kappa shape index (κ2) is 8.62. The molecule has 0 fully saturated rings. The molecule has 1 atom stereocenters. The average molecular weight is 310 g/mol. The Bertz CT molecular complexity index is 698. The van der Waals surface area contributed by atoms with Gasteiger partial charge in [0.05, 0.1) is 0 Å². The number of rotatable bonds is 5. The molecule has 0 saturated carbocycles. The first kappa shape index (κ1) is 16.6. The van der Waals surface area contributed by atoms with Crippen molar-refractivity contribution in [3.8, 4) is 23.3 Å². The topological polar surface area (TPSA) is 44.8 Å². The van der Waals surface area contributed by atoms with E-state index in [1.165, 1.54) is 0 Å². The summed E-state index contributed by atoms with van der Waals surface area (Å²) in [7, 11) is 0. The van der Waals surface area contributed by atoms with Crippen molar-refractivity contribution >= 4 is 5.97 Å². The third kappa shape index (κ3) is 5.50. The molecule has 1 unspecified atom stereocenters. The summed E-state index contributed by atoms with van der Waals surface area (Å²) in [5, 5.41) is 0. The minimum atomic E-state index is -0.644. The molecule has 4 heteroatoms. The van der Waals surface area contributed by atoms with Gasteiger partial charge in [-0.05, 0) is 38.1 Å². The zero-order valence-corrected chi connectivity index (χ0v) is 13.1. The molecule has 0 amide bonds. The zero-order valence-electron chi connectivity index (χ0n) is 13.1. The fourth-order valence-corrected chi connectivity index (χ4v) is 1.85. The van der Waals surface area contributed by atoms with E-state index in [0.29, 0.717) is 18.1 Å². The molecule has 2 aromatic carbocycles. The molecule has 0 bridgehead atoms. The second-order valence-corrected chi connectivity index (χ2v) is 4.59. The Balaban J connectivity index is 2.05. The number of hydrogen-bond acceptors (Lipinski definition) is 4. The van der Waals surface area contributed by atoms with Gasteiger partial charge in [0.15, 0.2) is 17.8 Å². The first-order valence-electron chi connectivity index (χ1n) is 7.35. The molecule has 0 aliphatic carbocycles. The Morgan fingerprint density at radius 2 is 1.70 bits per heavy atom. The lowest BCUT2D eigenvalue weighted by Crippen LogP contribution is -2.17. The molecular formula is C19H18O4. The van der Waals surface area contributed by atoms with Crippen LogP contribution in [0.25, 0.3) is 0 Å². The van der Waals surface area contributed by atoms with E-state index in [0.717, 1.165) is 5.56 Å². The van der Waals surface area contributed by atoms with Crippen molar-refractivity contribution in [3.05, 3.63) is 60.2 Å². The van der Waals surface area contributed by atoms with Crippen molar-refractivity contribution in [2.45, 2.75) is 20.1 Å². The van der Waals surface area contributed by atoms with Gasteiger partial charge in [-0.3, -0.25) is 0 Å². The zero-order chi connectivity index (χ0) is 16.5. The molecule has 23 heavy (non-hydrogen) atoms. The minimum Gasteiger partial charge on any atom is -0.461 e. The van der Waals surface area contributed by atoms with Gasteiger partial charge in [-0.2, -0.15) is 0 Å². The number of para-hydroxylation sites is 2. The molecule has 0 saturated heterocycles. The van der Waals surface area contributed by atoms with Crippen LogP contribution in [-0.4, -0.2) is 18.9 Å². The fraction of sp³-hybridized carbons (Fsp3) is 0.211. The third-order valence-electron chi connectivity index (χ3n) is 2.83. The van der Waals surface area contributed by atoms with E-state index in [2.05, 4.69) is 11.8 Å². The Hall–Kier alpha value is -2.77.